The fourth-order valence-electron chi connectivity index (χ4n) is 5.82. The zero-order valence-electron chi connectivity index (χ0n) is 14.5. The summed E-state index contributed by atoms with van der Waals surface area (Å²) in [7, 11) is 0. The van der Waals surface area contributed by atoms with Crippen LogP contribution in [0.1, 0.15) is 59.8 Å². The van der Waals surface area contributed by atoms with Gasteiger partial charge in [-0.1, -0.05) is 39.8 Å². The molecule has 2 fully saturated rings. The first-order valence-electron chi connectivity index (χ1n) is 8.69. The van der Waals surface area contributed by atoms with Crippen molar-refractivity contribution in [2.75, 3.05) is 0 Å². The van der Waals surface area contributed by atoms with Crippen LogP contribution in [0.2, 0.25) is 0 Å². The van der Waals surface area contributed by atoms with Crippen molar-refractivity contribution in [1.29, 1.82) is 0 Å². The average molecular weight is 302 g/mol. The molecule has 5 unspecified atom stereocenters. The van der Waals surface area contributed by atoms with Crippen LogP contribution in [0.3, 0.4) is 0 Å². The minimum absolute atomic E-state index is 0.0345. The van der Waals surface area contributed by atoms with Crippen molar-refractivity contribution >= 4 is 5.78 Å². The maximum absolute atomic E-state index is 12.8. The molecule has 122 valence electrons. The van der Waals surface area contributed by atoms with E-state index in [-0.39, 0.29) is 22.3 Å². The standard InChI is InChI=1S/C20H30O2/c1-6-19(4)8-7-15-14(12-19)16(22)9-17-18(2,3)10-13(21)11-20(15,17)5/h6,12-13,15,17,21H,1,7-11H2,2-5H3. The number of carbonyl (C=O) groups is 1. The van der Waals surface area contributed by atoms with Crippen LogP contribution < -0.4 is 0 Å². The molecule has 0 aliphatic heterocycles. The van der Waals surface area contributed by atoms with E-state index in [4.69, 9.17) is 0 Å². The Balaban J connectivity index is 2.06. The van der Waals surface area contributed by atoms with Crippen molar-refractivity contribution in [3.05, 3.63) is 24.3 Å². The lowest BCUT2D eigenvalue weighted by Crippen LogP contribution is -2.56. The van der Waals surface area contributed by atoms with E-state index < -0.39 is 0 Å². The van der Waals surface area contributed by atoms with Crippen LogP contribution in [0.25, 0.3) is 0 Å². The van der Waals surface area contributed by atoms with Gasteiger partial charge in [0.15, 0.2) is 5.78 Å². The zero-order chi connectivity index (χ0) is 16.3. The van der Waals surface area contributed by atoms with Gasteiger partial charge in [0, 0.05) is 11.8 Å². The molecule has 0 aromatic carbocycles. The summed E-state index contributed by atoms with van der Waals surface area (Å²) < 4.78 is 0. The molecule has 0 heterocycles. The summed E-state index contributed by atoms with van der Waals surface area (Å²) in [5, 5.41) is 10.4. The molecule has 0 spiro atoms. The van der Waals surface area contributed by atoms with Gasteiger partial charge in [0.2, 0.25) is 0 Å². The molecule has 3 aliphatic rings. The Kier molecular flexibility index (Phi) is 3.49. The van der Waals surface area contributed by atoms with Crippen LogP contribution in [-0.2, 0) is 4.79 Å². The Labute approximate surface area is 134 Å². The van der Waals surface area contributed by atoms with Crippen LogP contribution in [-0.4, -0.2) is 17.0 Å². The molecule has 0 saturated heterocycles. The summed E-state index contributed by atoms with van der Waals surface area (Å²) in [5.41, 5.74) is 1.06. The molecular formula is C20H30O2. The largest absolute Gasteiger partial charge is 0.393 e. The summed E-state index contributed by atoms with van der Waals surface area (Å²) in [6, 6.07) is 0. The Hall–Kier alpha value is -0.890. The summed E-state index contributed by atoms with van der Waals surface area (Å²) in [6.07, 6.45) is 8.32. The molecule has 3 aliphatic carbocycles. The van der Waals surface area contributed by atoms with Gasteiger partial charge in [0.25, 0.3) is 0 Å². The summed E-state index contributed by atoms with van der Waals surface area (Å²) >= 11 is 0. The number of hydrogen-bond donors (Lipinski definition) is 1. The molecule has 2 nitrogen and oxygen atoms in total. The zero-order valence-corrected chi connectivity index (χ0v) is 14.5. The maximum atomic E-state index is 12.8. The van der Waals surface area contributed by atoms with Gasteiger partial charge >= 0.3 is 0 Å². The van der Waals surface area contributed by atoms with Gasteiger partial charge in [-0.15, -0.1) is 6.58 Å². The molecule has 0 radical (unpaired) electrons. The summed E-state index contributed by atoms with van der Waals surface area (Å²) in [5.74, 6) is 1.02. The highest BCUT2D eigenvalue weighted by molar-refractivity contribution is 5.97. The SMILES string of the molecule is C=CC1(C)C=C2C(=O)CC3C(C)(C)CC(O)CC3(C)C2CC1. The quantitative estimate of drug-likeness (QED) is 0.734. The van der Waals surface area contributed by atoms with Crippen molar-refractivity contribution in [3.63, 3.8) is 0 Å². The first-order valence-corrected chi connectivity index (χ1v) is 8.69. The first-order chi connectivity index (χ1) is 10.1. The molecule has 2 saturated carbocycles. The third-order valence-electron chi connectivity index (χ3n) is 6.98. The number of fused-ring (bicyclic) bond motifs is 3. The minimum atomic E-state index is -0.238. The Morgan fingerprint density at radius 1 is 1.27 bits per heavy atom. The Bertz CT molecular complexity index is 544. The van der Waals surface area contributed by atoms with E-state index in [1.807, 2.05) is 6.08 Å². The van der Waals surface area contributed by atoms with Gasteiger partial charge in [0.05, 0.1) is 6.10 Å². The van der Waals surface area contributed by atoms with Crippen LogP contribution in [0, 0.1) is 28.1 Å². The molecule has 2 heteroatoms. The Morgan fingerprint density at radius 2 is 1.95 bits per heavy atom. The van der Waals surface area contributed by atoms with Crippen molar-refractivity contribution in [2.24, 2.45) is 28.1 Å². The fraction of sp³-hybridized carbons (Fsp3) is 0.750. The second kappa shape index (κ2) is 4.80. The smallest absolute Gasteiger partial charge is 0.159 e. The molecule has 0 bridgehead atoms. The summed E-state index contributed by atoms with van der Waals surface area (Å²) in [4.78, 5) is 12.8. The van der Waals surface area contributed by atoms with Crippen LogP contribution in [0.15, 0.2) is 24.3 Å². The van der Waals surface area contributed by atoms with Crippen LogP contribution in [0.5, 0.6) is 0 Å². The number of rotatable bonds is 1. The highest BCUT2D eigenvalue weighted by atomic mass is 16.3. The number of aliphatic hydroxyl groups excluding tert-OH is 1. The summed E-state index contributed by atoms with van der Waals surface area (Å²) in [6.45, 7) is 12.9. The van der Waals surface area contributed by atoms with E-state index in [0.717, 1.165) is 31.3 Å². The number of hydrogen-bond acceptors (Lipinski definition) is 2. The molecule has 3 rings (SSSR count). The van der Waals surface area contributed by atoms with Crippen molar-refractivity contribution in [2.45, 2.75) is 65.9 Å². The number of ketones is 1. The molecule has 1 N–H and O–H groups in total. The minimum Gasteiger partial charge on any atom is -0.393 e. The third-order valence-corrected chi connectivity index (χ3v) is 6.98. The van der Waals surface area contributed by atoms with Crippen molar-refractivity contribution in [1.82, 2.24) is 0 Å². The highest BCUT2D eigenvalue weighted by Gasteiger charge is 2.58. The van der Waals surface area contributed by atoms with E-state index in [0.29, 0.717) is 24.0 Å². The van der Waals surface area contributed by atoms with Gasteiger partial charge in [-0.2, -0.15) is 0 Å². The molecule has 0 amide bonds. The third kappa shape index (κ3) is 2.22. The monoisotopic (exact) mass is 302 g/mol. The molecule has 0 aromatic heterocycles. The normalized spacial score (nSPS) is 47.2. The average Bonchev–Trinajstić information content (AvgIpc) is 2.40. The highest BCUT2D eigenvalue weighted by Crippen LogP contribution is 2.62. The van der Waals surface area contributed by atoms with E-state index in [1.54, 1.807) is 0 Å². The number of Topliss-reactive ketones (excluding diaryl/α,β-unsaturated/α-hetero) is 1. The first kappa shape index (κ1) is 16.0. The van der Waals surface area contributed by atoms with Crippen LogP contribution in [0.4, 0.5) is 0 Å². The van der Waals surface area contributed by atoms with Gasteiger partial charge in [0.1, 0.15) is 0 Å². The second-order valence-corrected chi connectivity index (χ2v) is 9.14. The Morgan fingerprint density at radius 3 is 2.59 bits per heavy atom. The lowest BCUT2D eigenvalue weighted by Gasteiger charge is -2.59. The number of aliphatic hydroxyl groups is 1. The lowest BCUT2D eigenvalue weighted by atomic mass is 9.45. The van der Waals surface area contributed by atoms with Crippen molar-refractivity contribution < 1.29 is 9.90 Å². The topological polar surface area (TPSA) is 37.3 Å². The fourth-order valence-corrected chi connectivity index (χ4v) is 5.82. The number of carbonyl (C=O) groups excluding carboxylic acids is 1. The van der Waals surface area contributed by atoms with E-state index in [1.165, 1.54) is 0 Å². The lowest BCUT2D eigenvalue weighted by molar-refractivity contribution is -0.140. The predicted molar refractivity (Wildman–Crippen MR) is 89.4 cm³/mol. The van der Waals surface area contributed by atoms with Gasteiger partial charge in [-0.3, -0.25) is 4.79 Å². The number of allylic oxidation sites excluding steroid dienone is 3. The predicted octanol–water partition coefficient (Wildman–Crippen LogP) is 4.29. The van der Waals surface area contributed by atoms with Crippen LogP contribution >= 0.6 is 0 Å². The van der Waals surface area contributed by atoms with Gasteiger partial charge in [-0.05, 0) is 53.9 Å². The second-order valence-electron chi connectivity index (χ2n) is 9.14. The van der Waals surface area contributed by atoms with E-state index in [2.05, 4.69) is 40.3 Å². The van der Waals surface area contributed by atoms with Gasteiger partial charge < -0.3 is 5.11 Å². The molecule has 5 atom stereocenters. The molecule has 22 heavy (non-hydrogen) atoms. The van der Waals surface area contributed by atoms with E-state index in [9.17, 15) is 9.90 Å². The van der Waals surface area contributed by atoms with Gasteiger partial charge in [-0.25, -0.2) is 0 Å². The molecule has 0 aromatic rings. The molecular weight excluding hydrogens is 272 g/mol. The van der Waals surface area contributed by atoms with Crippen molar-refractivity contribution in [3.8, 4) is 0 Å². The van der Waals surface area contributed by atoms with E-state index >= 15 is 0 Å². The maximum Gasteiger partial charge on any atom is 0.159 e.